The summed E-state index contributed by atoms with van der Waals surface area (Å²) in [5.74, 6) is 0. The number of aromatic nitrogens is 2. The van der Waals surface area contributed by atoms with Crippen molar-refractivity contribution in [2.24, 2.45) is 0 Å². The third-order valence-corrected chi connectivity index (χ3v) is 2.81. The maximum absolute atomic E-state index is 12.0. The zero-order valence-corrected chi connectivity index (χ0v) is 12.3. The third-order valence-electron chi connectivity index (χ3n) is 2.55. The van der Waals surface area contributed by atoms with Gasteiger partial charge in [-0.2, -0.15) is 26.3 Å². The molecule has 0 aromatic carbocycles. The van der Waals surface area contributed by atoms with Gasteiger partial charge in [0.25, 0.3) is 5.56 Å². The number of nitrogens with one attached hydrogen (secondary N) is 1. The second-order valence-corrected chi connectivity index (χ2v) is 4.52. The van der Waals surface area contributed by atoms with E-state index in [1.165, 1.54) is 0 Å². The molecule has 0 spiro atoms. The summed E-state index contributed by atoms with van der Waals surface area (Å²) in [6, 6.07) is 2.49. The topological polar surface area (TPSA) is 54.9 Å². The first-order valence-electron chi connectivity index (χ1n) is 6.04. The van der Waals surface area contributed by atoms with Gasteiger partial charge in [-0.05, 0) is 12.1 Å². The van der Waals surface area contributed by atoms with E-state index in [9.17, 15) is 35.9 Å². The molecule has 4 nitrogen and oxygen atoms in total. The zero-order chi connectivity index (χ0) is 18.5. The normalized spacial score (nSPS) is 11.6. The highest BCUT2D eigenvalue weighted by molar-refractivity contribution is 6.15. The van der Waals surface area contributed by atoms with Crippen molar-refractivity contribution in [3.8, 4) is 0 Å². The molecular formula is C13H9ClF6N2O2. The molecule has 0 saturated heterocycles. The summed E-state index contributed by atoms with van der Waals surface area (Å²) in [5, 5.41) is 0. The second-order valence-electron chi connectivity index (χ2n) is 4.28. The van der Waals surface area contributed by atoms with Gasteiger partial charge >= 0.3 is 12.4 Å². The minimum Gasteiger partial charge on any atom is -0.329 e. The number of pyridine rings is 2. The van der Waals surface area contributed by atoms with Gasteiger partial charge < -0.3 is 9.55 Å². The van der Waals surface area contributed by atoms with Gasteiger partial charge in [0.15, 0.2) is 0 Å². The summed E-state index contributed by atoms with van der Waals surface area (Å²) in [6.45, 7) is 0. The first-order chi connectivity index (χ1) is 10.9. The van der Waals surface area contributed by atoms with Crippen molar-refractivity contribution >= 4 is 11.6 Å². The molecule has 2 aromatic heterocycles. The largest absolute Gasteiger partial charge is 0.416 e. The Morgan fingerprint density at radius 1 is 0.958 bits per heavy atom. The minimum absolute atomic E-state index is 0.156. The molecule has 0 bridgehead atoms. The smallest absolute Gasteiger partial charge is 0.329 e. The molecule has 1 N–H and O–H groups in total. The SMILES string of the molecule is O=c1cc(C(F)(F)F)cc[nH]1.O=c1cc(C(F)(F)F)ccn1CCl. The molecule has 0 saturated carbocycles. The highest BCUT2D eigenvalue weighted by Gasteiger charge is 2.31. The third kappa shape index (κ3) is 5.76. The van der Waals surface area contributed by atoms with Crippen LogP contribution in [0.2, 0.25) is 0 Å². The van der Waals surface area contributed by atoms with Gasteiger partial charge in [-0.3, -0.25) is 9.59 Å². The molecule has 2 aromatic rings. The van der Waals surface area contributed by atoms with E-state index in [2.05, 4.69) is 4.98 Å². The van der Waals surface area contributed by atoms with E-state index in [4.69, 9.17) is 11.6 Å². The van der Waals surface area contributed by atoms with Crippen LogP contribution in [0.5, 0.6) is 0 Å². The van der Waals surface area contributed by atoms with E-state index in [1.54, 1.807) is 0 Å². The molecule has 0 fully saturated rings. The van der Waals surface area contributed by atoms with Gasteiger partial charge in [-0.1, -0.05) is 0 Å². The number of hydrogen-bond donors (Lipinski definition) is 1. The van der Waals surface area contributed by atoms with E-state index in [1.807, 2.05) is 0 Å². The number of halogens is 7. The Morgan fingerprint density at radius 3 is 1.88 bits per heavy atom. The molecule has 0 aliphatic rings. The highest BCUT2D eigenvalue weighted by atomic mass is 35.5. The Labute approximate surface area is 135 Å². The standard InChI is InChI=1S/C7H5ClF3NO.C6H4F3NO/c8-4-12-2-1-5(3-6(12)13)7(9,10)11;7-6(8,9)4-1-2-10-5(11)3-4/h1-3H,4H2;1-3H,(H,10,11). The minimum atomic E-state index is -4.48. The van der Waals surface area contributed by atoms with Crippen LogP contribution in [0.25, 0.3) is 0 Å². The van der Waals surface area contributed by atoms with Crippen LogP contribution >= 0.6 is 11.6 Å². The monoisotopic (exact) mass is 374 g/mol. The first-order valence-corrected chi connectivity index (χ1v) is 6.58. The van der Waals surface area contributed by atoms with Crippen LogP contribution in [0.1, 0.15) is 11.1 Å². The first kappa shape index (κ1) is 19.8. The van der Waals surface area contributed by atoms with Gasteiger partial charge in [0, 0.05) is 24.5 Å². The number of nitrogens with zero attached hydrogens (tertiary/aromatic N) is 1. The van der Waals surface area contributed by atoms with Crippen LogP contribution in [-0.4, -0.2) is 9.55 Å². The van der Waals surface area contributed by atoms with Crippen LogP contribution in [0.4, 0.5) is 26.3 Å². The van der Waals surface area contributed by atoms with Crippen LogP contribution < -0.4 is 11.1 Å². The molecule has 24 heavy (non-hydrogen) atoms. The molecule has 0 aliphatic carbocycles. The molecule has 0 amide bonds. The van der Waals surface area contributed by atoms with Gasteiger partial charge in [-0.25, -0.2) is 0 Å². The summed E-state index contributed by atoms with van der Waals surface area (Å²) in [5.41, 5.74) is -3.40. The maximum atomic E-state index is 12.0. The average molecular weight is 375 g/mol. The highest BCUT2D eigenvalue weighted by Crippen LogP contribution is 2.28. The van der Waals surface area contributed by atoms with Crippen molar-refractivity contribution < 1.29 is 26.3 Å². The van der Waals surface area contributed by atoms with Crippen LogP contribution in [0.3, 0.4) is 0 Å². The Bertz CT molecular complexity index is 794. The number of rotatable bonds is 1. The molecule has 2 rings (SSSR count). The molecular weight excluding hydrogens is 366 g/mol. The number of H-pyrrole nitrogens is 1. The summed E-state index contributed by atoms with van der Waals surface area (Å²) in [4.78, 5) is 23.4. The molecule has 2 heterocycles. The molecule has 0 atom stereocenters. The Hall–Kier alpha value is -2.23. The van der Waals surface area contributed by atoms with E-state index in [0.717, 1.165) is 29.1 Å². The molecule has 0 aliphatic heterocycles. The van der Waals surface area contributed by atoms with Crippen molar-refractivity contribution in [2.75, 3.05) is 0 Å². The van der Waals surface area contributed by atoms with Crippen molar-refractivity contribution in [3.05, 3.63) is 68.5 Å². The fourth-order valence-electron chi connectivity index (χ4n) is 1.40. The van der Waals surface area contributed by atoms with Gasteiger partial charge in [0.1, 0.15) is 6.00 Å². The number of alkyl halides is 7. The lowest BCUT2D eigenvalue weighted by atomic mass is 10.2. The van der Waals surface area contributed by atoms with E-state index in [-0.39, 0.29) is 6.00 Å². The molecule has 0 radical (unpaired) electrons. The van der Waals surface area contributed by atoms with Crippen LogP contribution in [-0.2, 0) is 18.4 Å². The fourth-order valence-corrected chi connectivity index (χ4v) is 1.60. The second kappa shape index (κ2) is 7.56. The predicted molar refractivity (Wildman–Crippen MR) is 73.6 cm³/mol. The predicted octanol–water partition coefficient (Wildman–Crippen LogP) is 3.46. The number of hydrogen-bond acceptors (Lipinski definition) is 2. The van der Waals surface area contributed by atoms with Crippen molar-refractivity contribution in [3.63, 3.8) is 0 Å². The average Bonchev–Trinajstić information content (AvgIpc) is 2.46. The molecule has 11 heteroatoms. The van der Waals surface area contributed by atoms with Crippen molar-refractivity contribution in [2.45, 2.75) is 18.4 Å². The van der Waals surface area contributed by atoms with Crippen LogP contribution in [0.15, 0.2) is 46.2 Å². The number of aromatic amines is 1. The Balaban J connectivity index is 0.000000243. The lowest BCUT2D eigenvalue weighted by Gasteiger charge is -2.06. The quantitative estimate of drug-likeness (QED) is 0.614. The fraction of sp³-hybridized carbons (Fsp3) is 0.231. The maximum Gasteiger partial charge on any atom is 0.416 e. The lowest BCUT2D eigenvalue weighted by Crippen LogP contribution is -2.19. The molecule has 0 unspecified atom stereocenters. The van der Waals surface area contributed by atoms with E-state index < -0.39 is 34.6 Å². The summed E-state index contributed by atoms with van der Waals surface area (Å²) >= 11 is 5.28. The van der Waals surface area contributed by atoms with Gasteiger partial charge in [-0.15, -0.1) is 11.6 Å². The Morgan fingerprint density at radius 2 is 1.50 bits per heavy atom. The van der Waals surface area contributed by atoms with E-state index in [0.29, 0.717) is 12.1 Å². The zero-order valence-electron chi connectivity index (χ0n) is 11.6. The summed E-state index contributed by atoms with van der Waals surface area (Å²) in [6.07, 6.45) is -6.94. The van der Waals surface area contributed by atoms with Gasteiger partial charge in [0.2, 0.25) is 5.56 Å². The van der Waals surface area contributed by atoms with Crippen molar-refractivity contribution in [1.82, 2.24) is 9.55 Å². The van der Waals surface area contributed by atoms with E-state index >= 15 is 0 Å². The van der Waals surface area contributed by atoms with Crippen LogP contribution in [0, 0.1) is 0 Å². The van der Waals surface area contributed by atoms with Crippen molar-refractivity contribution in [1.29, 1.82) is 0 Å². The summed E-state index contributed by atoms with van der Waals surface area (Å²) < 4.78 is 72.5. The van der Waals surface area contributed by atoms with Gasteiger partial charge in [0.05, 0.1) is 11.1 Å². The summed E-state index contributed by atoms with van der Waals surface area (Å²) in [7, 11) is 0. The Kier molecular flexibility index (Phi) is 6.24. The lowest BCUT2D eigenvalue weighted by molar-refractivity contribution is -0.138. The molecule has 132 valence electrons.